The highest BCUT2D eigenvalue weighted by atomic mass is 16.5. The molecule has 0 amide bonds. The molecular formula is C32H22NO+. The molecule has 34 heavy (non-hydrogen) atoms. The zero-order valence-corrected chi connectivity index (χ0v) is 18.6. The Balaban J connectivity index is 1.57. The van der Waals surface area contributed by atoms with Crippen molar-refractivity contribution < 1.29 is 9.31 Å². The van der Waals surface area contributed by atoms with Crippen molar-refractivity contribution in [3.63, 3.8) is 0 Å². The lowest BCUT2D eigenvalue weighted by Crippen LogP contribution is -2.31. The Hall–Kier alpha value is -4.43. The molecule has 3 aliphatic rings. The van der Waals surface area contributed by atoms with E-state index in [1.165, 1.54) is 44.5 Å². The summed E-state index contributed by atoms with van der Waals surface area (Å²) in [5.74, 6) is 0. The Morgan fingerprint density at radius 1 is 0.529 bits per heavy atom. The maximum atomic E-state index is 6.15. The number of nitrogens with zero attached hydrogens (tertiary/aromatic N) is 1. The molecule has 4 aromatic rings. The van der Waals surface area contributed by atoms with Crippen molar-refractivity contribution in [2.75, 3.05) is 0 Å². The van der Waals surface area contributed by atoms with E-state index >= 15 is 0 Å². The first-order valence-corrected chi connectivity index (χ1v) is 11.6. The SMILES string of the molecule is C1=C[N+](c2ccccc2)=C2C=C3C(=CC2O1)c1ccccc1-c1ccccc1-c1ccccc13. The summed E-state index contributed by atoms with van der Waals surface area (Å²) >= 11 is 0. The lowest BCUT2D eigenvalue weighted by atomic mass is 9.77. The van der Waals surface area contributed by atoms with E-state index in [1.54, 1.807) is 6.26 Å². The number of para-hydroxylation sites is 1. The van der Waals surface area contributed by atoms with Crippen molar-refractivity contribution in [1.29, 1.82) is 0 Å². The van der Waals surface area contributed by atoms with Gasteiger partial charge in [0, 0.05) is 18.2 Å². The van der Waals surface area contributed by atoms with Crippen LogP contribution in [0.4, 0.5) is 5.69 Å². The van der Waals surface area contributed by atoms with E-state index in [2.05, 4.69) is 114 Å². The molecule has 0 saturated heterocycles. The summed E-state index contributed by atoms with van der Waals surface area (Å²) < 4.78 is 8.38. The van der Waals surface area contributed by atoms with Gasteiger partial charge in [0.25, 0.3) is 0 Å². The first kappa shape index (κ1) is 19.1. The van der Waals surface area contributed by atoms with E-state index in [0.717, 1.165) is 11.4 Å². The van der Waals surface area contributed by atoms with Gasteiger partial charge in [0.1, 0.15) is 6.26 Å². The number of rotatable bonds is 1. The second-order valence-electron chi connectivity index (χ2n) is 8.75. The summed E-state index contributed by atoms with van der Waals surface area (Å²) in [5, 5.41) is 0. The summed E-state index contributed by atoms with van der Waals surface area (Å²) in [6.07, 6.45) is 8.26. The van der Waals surface area contributed by atoms with Crippen LogP contribution in [-0.4, -0.2) is 16.4 Å². The van der Waals surface area contributed by atoms with Crippen molar-refractivity contribution in [2.45, 2.75) is 6.10 Å². The monoisotopic (exact) mass is 436 g/mol. The molecular weight excluding hydrogens is 414 g/mol. The van der Waals surface area contributed by atoms with E-state index in [-0.39, 0.29) is 6.10 Å². The third-order valence-corrected chi connectivity index (χ3v) is 6.88. The molecule has 2 aliphatic carbocycles. The van der Waals surface area contributed by atoms with Gasteiger partial charge < -0.3 is 4.74 Å². The van der Waals surface area contributed by atoms with Gasteiger partial charge >= 0.3 is 0 Å². The zero-order valence-electron chi connectivity index (χ0n) is 18.6. The number of hydrogen-bond donors (Lipinski definition) is 0. The fraction of sp³-hybridized carbons (Fsp3) is 0.0312. The zero-order chi connectivity index (χ0) is 22.5. The number of benzene rings is 4. The molecule has 160 valence electrons. The normalized spacial score (nSPS) is 17.5. The van der Waals surface area contributed by atoms with Gasteiger partial charge in [-0.3, -0.25) is 0 Å². The summed E-state index contributed by atoms with van der Waals surface area (Å²) in [6, 6.07) is 36.7. The summed E-state index contributed by atoms with van der Waals surface area (Å²) in [5.41, 5.74) is 12.2. The van der Waals surface area contributed by atoms with Crippen molar-refractivity contribution in [3.05, 3.63) is 139 Å². The molecule has 0 N–H and O–H groups in total. The van der Waals surface area contributed by atoms with Crippen LogP contribution in [0.3, 0.4) is 0 Å². The Morgan fingerprint density at radius 3 is 1.65 bits per heavy atom. The van der Waals surface area contributed by atoms with Crippen molar-refractivity contribution >= 4 is 22.5 Å². The van der Waals surface area contributed by atoms with E-state index in [9.17, 15) is 0 Å². The molecule has 7 rings (SSSR count). The van der Waals surface area contributed by atoms with Crippen molar-refractivity contribution in [1.82, 2.24) is 0 Å². The van der Waals surface area contributed by atoms with Gasteiger partial charge in [-0.25, -0.2) is 0 Å². The van der Waals surface area contributed by atoms with E-state index in [4.69, 9.17) is 4.74 Å². The Morgan fingerprint density at radius 2 is 1.03 bits per heavy atom. The summed E-state index contributed by atoms with van der Waals surface area (Å²) in [7, 11) is 0. The Kier molecular flexibility index (Phi) is 4.25. The first-order chi connectivity index (χ1) is 16.9. The molecule has 4 aromatic carbocycles. The van der Waals surface area contributed by atoms with Crippen LogP contribution in [0.25, 0.3) is 33.4 Å². The number of ether oxygens (including phenoxy) is 1. The molecule has 1 heterocycles. The topological polar surface area (TPSA) is 12.2 Å². The molecule has 1 atom stereocenters. The van der Waals surface area contributed by atoms with Gasteiger partial charge in [-0.05, 0) is 50.6 Å². The van der Waals surface area contributed by atoms with Gasteiger partial charge in [-0.15, -0.1) is 0 Å². The van der Waals surface area contributed by atoms with Gasteiger partial charge in [0.15, 0.2) is 0 Å². The lowest BCUT2D eigenvalue weighted by molar-refractivity contribution is -0.370. The maximum absolute atomic E-state index is 6.15. The minimum absolute atomic E-state index is 0.154. The second-order valence-corrected chi connectivity index (χ2v) is 8.75. The third kappa shape index (κ3) is 2.85. The molecule has 0 radical (unpaired) electrons. The standard InChI is InChI=1S/C32H22NO/c1-2-10-22(11-3-1)33-18-19-34-32-21-30-28-17-9-7-15-26(28)24-13-5-4-12-23(24)25-14-6-8-16-27(25)29(30)20-31(32)33/h1-21,32H/q+1. The van der Waals surface area contributed by atoms with Crippen LogP contribution < -0.4 is 0 Å². The van der Waals surface area contributed by atoms with Crippen molar-refractivity contribution in [2.24, 2.45) is 0 Å². The van der Waals surface area contributed by atoms with Gasteiger partial charge in [0.05, 0.1) is 0 Å². The molecule has 2 nitrogen and oxygen atoms in total. The maximum Gasteiger partial charge on any atom is 0.233 e. The van der Waals surface area contributed by atoms with Crippen LogP contribution in [0, 0.1) is 0 Å². The quantitative estimate of drug-likeness (QED) is 0.282. The number of allylic oxidation sites excluding steroid dienone is 2. The fourth-order valence-corrected chi connectivity index (χ4v) is 5.36. The fourth-order valence-electron chi connectivity index (χ4n) is 5.36. The highest BCUT2D eigenvalue weighted by molar-refractivity contribution is 6.21. The highest BCUT2D eigenvalue weighted by Crippen LogP contribution is 2.48. The molecule has 0 saturated carbocycles. The molecule has 0 bridgehead atoms. The third-order valence-electron chi connectivity index (χ3n) is 6.88. The largest absolute Gasteiger partial charge is 0.477 e. The van der Waals surface area contributed by atoms with E-state index < -0.39 is 0 Å². The average Bonchev–Trinajstić information content (AvgIpc) is 2.92. The second kappa shape index (κ2) is 7.57. The van der Waals surface area contributed by atoms with E-state index in [1.807, 2.05) is 12.3 Å². The van der Waals surface area contributed by atoms with Crippen LogP contribution in [0.2, 0.25) is 0 Å². The molecule has 0 spiro atoms. The molecule has 1 aliphatic heterocycles. The van der Waals surface area contributed by atoms with Crippen LogP contribution in [0.5, 0.6) is 0 Å². The number of hydrogen-bond acceptors (Lipinski definition) is 1. The van der Waals surface area contributed by atoms with Gasteiger partial charge in [-0.2, -0.15) is 4.58 Å². The van der Waals surface area contributed by atoms with Crippen LogP contribution in [-0.2, 0) is 4.74 Å². The Bertz CT molecular complexity index is 1570. The molecule has 2 heteroatoms. The van der Waals surface area contributed by atoms with Gasteiger partial charge in [0.2, 0.25) is 23.7 Å². The first-order valence-electron chi connectivity index (χ1n) is 11.6. The average molecular weight is 437 g/mol. The van der Waals surface area contributed by atoms with Crippen LogP contribution in [0.15, 0.2) is 128 Å². The summed E-state index contributed by atoms with van der Waals surface area (Å²) in [4.78, 5) is 0. The van der Waals surface area contributed by atoms with Crippen LogP contribution >= 0.6 is 0 Å². The predicted molar refractivity (Wildman–Crippen MR) is 139 cm³/mol. The molecule has 1 unspecified atom stereocenters. The highest BCUT2D eigenvalue weighted by Gasteiger charge is 2.35. The van der Waals surface area contributed by atoms with Gasteiger partial charge in [-0.1, -0.05) is 91.0 Å². The lowest BCUT2D eigenvalue weighted by Gasteiger charge is -2.29. The number of fused-ring (bicyclic) bond motifs is 9. The molecule has 0 fully saturated rings. The van der Waals surface area contributed by atoms with Crippen LogP contribution in [0.1, 0.15) is 11.1 Å². The van der Waals surface area contributed by atoms with Crippen molar-refractivity contribution in [3.8, 4) is 22.3 Å². The predicted octanol–water partition coefficient (Wildman–Crippen LogP) is 7.47. The molecule has 0 aromatic heterocycles. The summed E-state index contributed by atoms with van der Waals surface area (Å²) in [6.45, 7) is 0. The minimum Gasteiger partial charge on any atom is -0.477 e. The minimum atomic E-state index is -0.154. The van der Waals surface area contributed by atoms with E-state index in [0.29, 0.717) is 0 Å². The Labute approximate surface area is 199 Å². The smallest absolute Gasteiger partial charge is 0.233 e.